The summed E-state index contributed by atoms with van der Waals surface area (Å²) in [6.07, 6.45) is -5.23. The van der Waals surface area contributed by atoms with Gasteiger partial charge in [-0.05, 0) is 33.8 Å². The van der Waals surface area contributed by atoms with Gasteiger partial charge in [-0.2, -0.15) is 13.2 Å². The first-order chi connectivity index (χ1) is 12.7. The minimum atomic E-state index is -4.53. The zero-order valence-corrected chi connectivity index (χ0v) is 16.4. The number of ether oxygens (including phenoxy) is 1. The lowest BCUT2D eigenvalue weighted by Crippen LogP contribution is -2.27. The van der Waals surface area contributed by atoms with Gasteiger partial charge in [0.25, 0.3) is 5.56 Å². The number of anilines is 1. The maximum Gasteiger partial charge on any atom is 0.413 e. The summed E-state index contributed by atoms with van der Waals surface area (Å²) in [7, 11) is 0. The van der Waals surface area contributed by atoms with Crippen molar-refractivity contribution in [2.75, 3.05) is 5.32 Å². The summed E-state index contributed by atoms with van der Waals surface area (Å²) in [5.74, 6) is 0. The van der Waals surface area contributed by atoms with Crippen LogP contribution in [0.15, 0.2) is 23.1 Å². The summed E-state index contributed by atoms with van der Waals surface area (Å²) in [6, 6.07) is 2.30. The molecule has 0 saturated heterocycles. The van der Waals surface area contributed by atoms with E-state index in [9.17, 15) is 27.9 Å². The molecule has 154 valence electrons. The fraction of sp³-hybridized carbons (Fsp3) is 0.471. The minimum Gasteiger partial charge on any atom is -0.444 e. The van der Waals surface area contributed by atoms with Crippen molar-refractivity contribution >= 4 is 22.6 Å². The first-order valence-electron chi connectivity index (χ1n) is 8.21. The molecule has 7 nitrogen and oxygen atoms in total. The fourth-order valence-corrected chi connectivity index (χ4v) is 3.16. The van der Waals surface area contributed by atoms with Gasteiger partial charge < -0.3 is 14.4 Å². The van der Waals surface area contributed by atoms with Crippen LogP contribution < -0.4 is 10.9 Å². The van der Waals surface area contributed by atoms with Crippen molar-refractivity contribution in [2.24, 2.45) is 0 Å². The van der Waals surface area contributed by atoms with Crippen LogP contribution in [0.1, 0.15) is 38.7 Å². The van der Waals surface area contributed by atoms with E-state index in [-0.39, 0.29) is 16.4 Å². The highest BCUT2D eigenvalue weighted by Crippen LogP contribution is 2.35. The predicted molar refractivity (Wildman–Crippen MR) is 98.4 cm³/mol. The molecule has 0 saturated carbocycles. The summed E-state index contributed by atoms with van der Waals surface area (Å²) >= 11 is 0.975. The van der Waals surface area contributed by atoms with Crippen LogP contribution >= 0.6 is 11.3 Å². The molecule has 0 aliphatic heterocycles. The molecule has 28 heavy (non-hydrogen) atoms. The number of hydrogen-bond donors (Lipinski definition) is 2. The van der Waals surface area contributed by atoms with E-state index in [0.717, 1.165) is 23.6 Å². The molecule has 0 aliphatic rings. The molecule has 0 radical (unpaired) electrons. The molecule has 0 aliphatic carbocycles. The summed E-state index contributed by atoms with van der Waals surface area (Å²) in [6.45, 7) is 5.14. The average Bonchev–Trinajstić information content (AvgIpc) is 2.90. The van der Waals surface area contributed by atoms with Crippen molar-refractivity contribution in [3.8, 4) is 11.3 Å². The molecule has 0 fully saturated rings. The van der Waals surface area contributed by atoms with Crippen molar-refractivity contribution < 1.29 is 27.8 Å². The standard InChI is InChI=1S/C17H20F3N3O4S/c1-9(24)13-12(21-14(28-13)22-15(26)27-16(2,3)4)10-5-6-23(11(25)7-10)8-17(18,19)20/h5-7,9,24H,8H2,1-4H3,(H,21,22,26). The number of amides is 1. The van der Waals surface area contributed by atoms with Crippen LogP contribution in [0.5, 0.6) is 0 Å². The van der Waals surface area contributed by atoms with Crippen molar-refractivity contribution in [3.05, 3.63) is 33.6 Å². The van der Waals surface area contributed by atoms with E-state index in [0.29, 0.717) is 9.44 Å². The summed E-state index contributed by atoms with van der Waals surface area (Å²) in [5, 5.41) is 12.5. The van der Waals surface area contributed by atoms with E-state index in [2.05, 4.69) is 10.3 Å². The van der Waals surface area contributed by atoms with Gasteiger partial charge in [0.1, 0.15) is 12.1 Å². The highest BCUT2D eigenvalue weighted by atomic mass is 32.1. The van der Waals surface area contributed by atoms with Crippen LogP contribution in [0.3, 0.4) is 0 Å². The maximum atomic E-state index is 12.5. The van der Waals surface area contributed by atoms with Gasteiger partial charge in [-0.3, -0.25) is 10.1 Å². The van der Waals surface area contributed by atoms with Gasteiger partial charge in [0.2, 0.25) is 0 Å². The molecule has 0 spiro atoms. The number of hydrogen-bond acceptors (Lipinski definition) is 6. The lowest BCUT2D eigenvalue weighted by Gasteiger charge is -2.18. The Balaban J connectivity index is 2.35. The van der Waals surface area contributed by atoms with Crippen molar-refractivity contribution in [3.63, 3.8) is 0 Å². The number of nitrogens with zero attached hydrogens (tertiary/aromatic N) is 2. The maximum absolute atomic E-state index is 12.5. The number of nitrogens with one attached hydrogen (secondary N) is 1. The average molecular weight is 419 g/mol. The highest BCUT2D eigenvalue weighted by molar-refractivity contribution is 7.16. The third-order valence-corrected chi connectivity index (χ3v) is 4.40. The van der Waals surface area contributed by atoms with E-state index in [1.54, 1.807) is 20.8 Å². The van der Waals surface area contributed by atoms with Gasteiger partial charge in [0.05, 0.1) is 16.7 Å². The Kier molecular flexibility index (Phi) is 6.19. The fourth-order valence-electron chi connectivity index (χ4n) is 2.25. The number of carbonyl (C=O) groups excluding carboxylic acids is 1. The Morgan fingerprint density at radius 3 is 2.54 bits per heavy atom. The molecule has 1 amide bonds. The molecule has 11 heteroatoms. The smallest absolute Gasteiger partial charge is 0.413 e. The topological polar surface area (TPSA) is 93.4 Å². The number of aliphatic hydroxyl groups is 1. The predicted octanol–water partition coefficient (Wildman–Crippen LogP) is 3.93. The van der Waals surface area contributed by atoms with Gasteiger partial charge >= 0.3 is 12.3 Å². The quantitative estimate of drug-likeness (QED) is 0.783. The number of carbonyl (C=O) groups is 1. The molecule has 1 atom stereocenters. The van der Waals surface area contributed by atoms with Gasteiger partial charge in [-0.15, -0.1) is 0 Å². The normalized spacial score (nSPS) is 13.3. The second kappa shape index (κ2) is 7.92. The van der Waals surface area contributed by atoms with E-state index in [1.165, 1.54) is 13.0 Å². The summed E-state index contributed by atoms with van der Waals surface area (Å²) < 4.78 is 43.2. The third kappa shape index (κ3) is 6.06. The van der Waals surface area contributed by atoms with Crippen molar-refractivity contribution in [1.82, 2.24) is 9.55 Å². The van der Waals surface area contributed by atoms with Crippen LogP contribution in [0.25, 0.3) is 11.3 Å². The Bertz CT molecular complexity index is 914. The lowest BCUT2D eigenvalue weighted by molar-refractivity contribution is -0.141. The number of aliphatic hydroxyl groups excluding tert-OH is 1. The molecule has 2 heterocycles. The van der Waals surface area contributed by atoms with Crippen molar-refractivity contribution in [1.29, 1.82) is 0 Å². The Morgan fingerprint density at radius 1 is 1.39 bits per heavy atom. The van der Waals surface area contributed by atoms with E-state index in [1.807, 2.05) is 0 Å². The molecule has 0 aromatic carbocycles. The van der Waals surface area contributed by atoms with Crippen LogP contribution in [0.4, 0.5) is 23.1 Å². The second-order valence-corrected chi connectivity index (χ2v) is 8.06. The lowest BCUT2D eigenvalue weighted by atomic mass is 10.1. The van der Waals surface area contributed by atoms with Crippen LogP contribution in [-0.2, 0) is 11.3 Å². The number of halogens is 3. The van der Waals surface area contributed by atoms with Crippen LogP contribution in [-0.4, -0.2) is 32.5 Å². The van der Waals surface area contributed by atoms with E-state index >= 15 is 0 Å². The molecular formula is C17H20F3N3O4S. The second-order valence-electron chi connectivity index (χ2n) is 7.03. The Hall–Kier alpha value is -2.40. The summed E-state index contributed by atoms with van der Waals surface area (Å²) in [5.41, 5.74) is -1.16. The third-order valence-electron chi connectivity index (χ3n) is 3.26. The zero-order valence-electron chi connectivity index (χ0n) is 15.6. The largest absolute Gasteiger partial charge is 0.444 e. The molecule has 1 unspecified atom stereocenters. The zero-order chi connectivity index (χ0) is 21.3. The van der Waals surface area contributed by atoms with Crippen molar-refractivity contribution in [2.45, 2.75) is 52.1 Å². The van der Waals surface area contributed by atoms with Crippen LogP contribution in [0.2, 0.25) is 0 Å². The number of aromatic nitrogens is 2. The Morgan fingerprint density at radius 2 is 2.04 bits per heavy atom. The van der Waals surface area contributed by atoms with Gasteiger partial charge in [-0.1, -0.05) is 11.3 Å². The molecule has 2 N–H and O–H groups in total. The van der Waals surface area contributed by atoms with Gasteiger partial charge in [0.15, 0.2) is 5.13 Å². The van der Waals surface area contributed by atoms with E-state index in [4.69, 9.17) is 4.74 Å². The Labute approximate surface area is 162 Å². The monoisotopic (exact) mass is 419 g/mol. The molecule has 0 bridgehead atoms. The molecule has 2 aromatic heterocycles. The number of rotatable bonds is 4. The SMILES string of the molecule is CC(O)c1sc(NC(=O)OC(C)(C)C)nc1-c1ccn(CC(F)(F)F)c(=O)c1. The molecule has 2 aromatic rings. The molecule has 2 rings (SSSR count). The number of alkyl halides is 3. The molecular weight excluding hydrogens is 399 g/mol. The van der Waals surface area contributed by atoms with Gasteiger partial charge in [0, 0.05) is 17.8 Å². The number of pyridine rings is 1. The first kappa shape index (κ1) is 21.9. The highest BCUT2D eigenvalue weighted by Gasteiger charge is 2.28. The van der Waals surface area contributed by atoms with E-state index < -0.39 is 36.1 Å². The summed E-state index contributed by atoms with van der Waals surface area (Å²) in [4.78, 5) is 28.4. The number of thiazole rings is 1. The first-order valence-corrected chi connectivity index (χ1v) is 9.03. The minimum absolute atomic E-state index is 0.125. The van der Waals surface area contributed by atoms with Gasteiger partial charge in [-0.25, -0.2) is 9.78 Å². The van der Waals surface area contributed by atoms with Crippen LogP contribution in [0, 0.1) is 0 Å².